The lowest BCUT2D eigenvalue weighted by Gasteiger charge is -2.26. The van der Waals surface area contributed by atoms with Gasteiger partial charge in [-0.1, -0.05) is 164 Å². The molecule has 0 aliphatic carbocycles. The Labute approximate surface area is 347 Å². The maximum atomic E-state index is 6.71. The van der Waals surface area contributed by atoms with Crippen molar-refractivity contribution in [2.24, 2.45) is 0 Å². The van der Waals surface area contributed by atoms with Crippen LogP contribution in [0, 0.1) is 0 Å². The normalized spacial score (nSPS) is 11.3. The van der Waals surface area contributed by atoms with Gasteiger partial charge in [0, 0.05) is 50.6 Å². The SMILES string of the molecule is c1ccc(-c2ccc(N(c3ccc4cc(-c5ccccc5)ccc4c3)c3ccc4c(c3)oc3cccc(-c5nc(-c6ccccc6)nc(-c6ccccc6)n5)c34)cc2)cc1. The van der Waals surface area contributed by atoms with Crippen molar-refractivity contribution in [2.45, 2.75) is 0 Å². The smallest absolute Gasteiger partial charge is 0.164 e. The van der Waals surface area contributed by atoms with Gasteiger partial charge in [0.2, 0.25) is 0 Å². The first-order valence-electron chi connectivity index (χ1n) is 20.1. The Kier molecular flexibility index (Phi) is 8.75. The number of nitrogens with zero attached hydrogens (tertiary/aromatic N) is 4. The molecule has 0 saturated carbocycles. The molecule has 0 amide bonds. The summed E-state index contributed by atoms with van der Waals surface area (Å²) in [5.74, 6) is 1.83. The third-order valence-electron chi connectivity index (χ3n) is 11.1. The molecule has 9 aromatic carbocycles. The van der Waals surface area contributed by atoms with Crippen molar-refractivity contribution in [3.8, 4) is 56.4 Å². The average Bonchev–Trinajstić information content (AvgIpc) is 3.71. The maximum Gasteiger partial charge on any atom is 0.164 e. The van der Waals surface area contributed by atoms with Crippen molar-refractivity contribution in [3.63, 3.8) is 0 Å². The molecule has 60 heavy (non-hydrogen) atoms. The Balaban J connectivity index is 1.05. The number of fused-ring (bicyclic) bond motifs is 4. The molecule has 0 atom stereocenters. The van der Waals surface area contributed by atoms with Crippen molar-refractivity contribution in [3.05, 3.63) is 218 Å². The van der Waals surface area contributed by atoms with Crippen LogP contribution in [0.2, 0.25) is 0 Å². The number of furan rings is 1. The molecule has 0 N–H and O–H groups in total. The topological polar surface area (TPSA) is 55.1 Å². The predicted octanol–water partition coefficient (Wildman–Crippen LogP) is 14.7. The third-order valence-corrected chi connectivity index (χ3v) is 11.1. The molecule has 2 heterocycles. The van der Waals surface area contributed by atoms with Crippen LogP contribution in [0.1, 0.15) is 0 Å². The summed E-state index contributed by atoms with van der Waals surface area (Å²) < 4.78 is 6.71. The number of anilines is 3. The highest BCUT2D eigenvalue weighted by Crippen LogP contribution is 2.42. The van der Waals surface area contributed by atoms with Crippen LogP contribution in [0.5, 0.6) is 0 Å². The number of benzene rings is 9. The lowest BCUT2D eigenvalue weighted by atomic mass is 10.0. The van der Waals surface area contributed by atoms with E-state index in [-0.39, 0.29) is 0 Å². The zero-order valence-corrected chi connectivity index (χ0v) is 32.5. The monoisotopic (exact) mass is 768 g/mol. The summed E-state index contributed by atoms with van der Waals surface area (Å²) >= 11 is 0. The molecule has 0 bridgehead atoms. The van der Waals surface area contributed by atoms with Crippen molar-refractivity contribution in [1.29, 1.82) is 0 Å². The van der Waals surface area contributed by atoms with Gasteiger partial charge in [0.1, 0.15) is 11.2 Å². The van der Waals surface area contributed by atoms with Gasteiger partial charge >= 0.3 is 0 Å². The molecule has 0 aliphatic heterocycles. The molecule has 0 spiro atoms. The van der Waals surface area contributed by atoms with E-state index in [0.717, 1.165) is 66.6 Å². The number of aromatic nitrogens is 3. The van der Waals surface area contributed by atoms with Gasteiger partial charge in [0.25, 0.3) is 0 Å². The molecule has 11 aromatic rings. The predicted molar refractivity (Wildman–Crippen MR) is 246 cm³/mol. The van der Waals surface area contributed by atoms with E-state index in [9.17, 15) is 0 Å². The van der Waals surface area contributed by atoms with Gasteiger partial charge in [0.15, 0.2) is 17.5 Å². The van der Waals surface area contributed by atoms with Crippen molar-refractivity contribution >= 4 is 49.8 Å². The molecule has 5 nitrogen and oxygen atoms in total. The fourth-order valence-corrected chi connectivity index (χ4v) is 8.13. The minimum Gasteiger partial charge on any atom is -0.456 e. The van der Waals surface area contributed by atoms with Crippen LogP contribution in [0.4, 0.5) is 17.1 Å². The standard InChI is InChI=1S/C55H36N4O/c1-5-14-37(15-6-1)39-26-29-45(30-27-39)59(46-31-28-43-34-42(24-25-44(43)35-46)38-16-7-2-8-17-38)47-32-33-48-51(36-47)60-50-23-13-22-49(52(48)50)55-57-53(40-18-9-3-10-19-40)56-54(58-55)41-20-11-4-12-21-41/h1-36H. The summed E-state index contributed by atoms with van der Waals surface area (Å²) in [6, 6.07) is 75.9. The van der Waals surface area contributed by atoms with E-state index in [1.807, 2.05) is 78.9 Å². The van der Waals surface area contributed by atoms with Crippen LogP contribution >= 0.6 is 0 Å². The van der Waals surface area contributed by atoms with Gasteiger partial charge in [-0.2, -0.15) is 0 Å². The van der Waals surface area contributed by atoms with Crippen LogP contribution < -0.4 is 4.90 Å². The Bertz CT molecular complexity index is 3240. The highest BCUT2D eigenvalue weighted by Gasteiger charge is 2.20. The Hall–Kier alpha value is -8.15. The molecule has 0 aliphatic rings. The highest BCUT2D eigenvalue weighted by atomic mass is 16.3. The van der Waals surface area contributed by atoms with E-state index >= 15 is 0 Å². The largest absolute Gasteiger partial charge is 0.456 e. The zero-order valence-electron chi connectivity index (χ0n) is 32.5. The molecule has 0 fully saturated rings. The first-order chi connectivity index (χ1) is 29.7. The fourth-order valence-electron chi connectivity index (χ4n) is 8.13. The first-order valence-corrected chi connectivity index (χ1v) is 20.1. The summed E-state index contributed by atoms with van der Waals surface area (Å²) in [5.41, 5.74) is 12.1. The van der Waals surface area contributed by atoms with Crippen LogP contribution in [0.25, 0.3) is 89.1 Å². The van der Waals surface area contributed by atoms with Crippen LogP contribution in [-0.2, 0) is 0 Å². The molecule has 5 heteroatoms. The van der Waals surface area contributed by atoms with Gasteiger partial charge in [0.05, 0.1) is 0 Å². The second kappa shape index (κ2) is 15.0. The minimum absolute atomic E-state index is 0.590. The van der Waals surface area contributed by atoms with E-state index in [1.165, 1.54) is 22.1 Å². The lowest BCUT2D eigenvalue weighted by molar-refractivity contribution is 0.669. The number of hydrogen-bond acceptors (Lipinski definition) is 5. The third kappa shape index (κ3) is 6.54. The van der Waals surface area contributed by atoms with E-state index in [1.54, 1.807) is 0 Å². The summed E-state index contributed by atoms with van der Waals surface area (Å²) in [4.78, 5) is 17.4. The average molecular weight is 769 g/mol. The fraction of sp³-hybridized carbons (Fsp3) is 0. The summed E-state index contributed by atoms with van der Waals surface area (Å²) in [5, 5.41) is 4.29. The van der Waals surface area contributed by atoms with E-state index in [0.29, 0.717) is 17.5 Å². The van der Waals surface area contributed by atoms with Crippen LogP contribution in [0.15, 0.2) is 223 Å². The van der Waals surface area contributed by atoms with Gasteiger partial charge in [-0.25, -0.2) is 15.0 Å². The maximum absolute atomic E-state index is 6.71. The van der Waals surface area contributed by atoms with Crippen LogP contribution in [-0.4, -0.2) is 15.0 Å². The summed E-state index contributed by atoms with van der Waals surface area (Å²) in [7, 11) is 0. The van der Waals surface area contributed by atoms with Crippen molar-refractivity contribution in [2.75, 3.05) is 4.90 Å². The van der Waals surface area contributed by atoms with Gasteiger partial charge in [-0.15, -0.1) is 0 Å². The number of rotatable bonds is 8. The van der Waals surface area contributed by atoms with E-state index in [4.69, 9.17) is 19.4 Å². The quantitative estimate of drug-likeness (QED) is 0.154. The second-order valence-electron chi connectivity index (χ2n) is 14.9. The zero-order chi connectivity index (χ0) is 39.8. The van der Waals surface area contributed by atoms with Gasteiger partial charge in [-0.3, -0.25) is 0 Å². The molecule has 0 saturated heterocycles. The number of hydrogen-bond donors (Lipinski definition) is 0. The van der Waals surface area contributed by atoms with Crippen molar-refractivity contribution in [1.82, 2.24) is 15.0 Å². The lowest BCUT2D eigenvalue weighted by Crippen LogP contribution is -2.09. The first kappa shape index (κ1) is 35.0. The molecule has 11 rings (SSSR count). The van der Waals surface area contributed by atoms with Gasteiger partial charge in [-0.05, 0) is 81.6 Å². The molecule has 0 radical (unpaired) electrons. The Morgan fingerprint density at radius 1 is 0.317 bits per heavy atom. The highest BCUT2D eigenvalue weighted by molar-refractivity contribution is 6.12. The molecular formula is C55H36N4O. The second-order valence-corrected chi connectivity index (χ2v) is 14.9. The molecule has 282 valence electrons. The summed E-state index contributed by atoms with van der Waals surface area (Å²) in [6.45, 7) is 0. The molecular weight excluding hydrogens is 733 g/mol. The van der Waals surface area contributed by atoms with Crippen molar-refractivity contribution < 1.29 is 4.42 Å². The molecule has 2 aromatic heterocycles. The van der Waals surface area contributed by atoms with E-state index < -0.39 is 0 Å². The molecule has 0 unspecified atom stereocenters. The minimum atomic E-state index is 0.590. The summed E-state index contributed by atoms with van der Waals surface area (Å²) in [6.07, 6.45) is 0. The van der Waals surface area contributed by atoms with Gasteiger partial charge < -0.3 is 9.32 Å². The van der Waals surface area contributed by atoms with E-state index in [2.05, 4.69) is 144 Å². The Morgan fingerprint density at radius 2 is 0.800 bits per heavy atom. The van der Waals surface area contributed by atoms with Crippen LogP contribution in [0.3, 0.4) is 0 Å². The Morgan fingerprint density at radius 3 is 1.45 bits per heavy atom.